The van der Waals surface area contributed by atoms with E-state index < -0.39 is 18.0 Å². The fourth-order valence-corrected chi connectivity index (χ4v) is 1.99. The van der Waals surface area contributed by atoms with Crippen molar-refractivity contribution in [2.75, 3.05) is 12.4 Å². The van der Waals surface area contributed by atoms with Gasteiger partial charge in [0.05, 0.1) is 23.4 Å². The van der Waals surface area contributed by atoms with E-state index in [1.807, 2.05) is 0 Å². The predicted octanol–water partition coefficient (Wildman–Crippen LogP) is 3.53. The van der Waals surface area contributed by atoms with Crippen molar-refractivity contribution in [2.45, 2.75) is 13.0 Å². The van der Waals surface area contributed by atoms with Crippen molar-refractivity contribution in [3.63, 3.8) is 0 Å². The lowest BCUT2D eigenvalue weighted by molar-refractivity contribution is -0.123. The van der Waals surface area contributed by atoms with Gasteiger partial charge in [0.15, 0.2) is 6.10 Å². The first kappa shape index (κ1) is 16.8. The lowest BCUT2D eigenvalue weighted by atomic mass is 10.2. The molecule has 0 aromatic heterocycles. The number of anilines is 1. The van der Waals surface area contributed by atoms with Gasteiger partial charge in [-0.25, -0.2) is 4.79 Å². The van der Waals surface area contributed by atoms with Gasteiger partial charge in [-0.3, -0.25) is 4.79 Å². The normalized spacial score (nSPS) is 11.4. The van der Waals surface area contributed by atoms with Crippen LogP contribution < -0.4 is 10.1 Å². The second-order valence-corrected chi connectivity index (χ2v) is 5.15. The lowest BCUT2D eigenvalue weighted by Crippen LogP contribution is -2.30. The van der Waals surface area contributed by atoms with Crippen LogP contribution in [0.15, 0.2) is 48.5 Å². The van der Waals surface area contributed by atoms with Crippen LogP contribution >= 0.6 is 11.6 Å². The second kappa shape index (κ2) is 7.65. The Morgan fingerprint density at radius 3 is 2.35 bits per heavy atom. The molecular weight excluding hydrogens is 318 g/mol. The maximum Gasteiger partial charge on any atom is 0.338 e. The molecule has 1 atom stereocenters. The molecule has 0 bridgehead atoms. The molecule has 5 nitrogen and oxygen atoms in total. The first-order chi connectivity index (χ1) is 11.0. The smallest absolute Gasteiger partial charge is 0.338 e. The number of para-hydroxylation sites is 1. The first-order valence-electron chi connectivity index (χ1n) is 6.91. The molecule has 1 amide bonds. The van der Waals surface area contributed by atoms with Gasteiger partial charge in [0.25, 0.3) is 5.91 Å². The number of halogens is 1. The van der Waals surface area contributed by atoms with Gasteiger partial charge in [-0.15, -0.1) is 0 Å². The number of hydrogen-bond acceptors (Lipinski definition) is 4. The molecular formula is C17H16ClNO4. The fourth-order valence-electron chi connectivity index (χ4n) is 1.81. The highest BCUT2D eigenvalue weighted by atomic mass is 35.5. The molecule has 2 aromatic carbocycles. The Labute approximate surface area is 139 Å². The molecule has 1 N–H and O–H groups in total. The molecule has 23 heavy (non-hydrogen) atoms. The molecule has 0 aliphatic rings. The van der Waals surface area contributed by atoms with E-state index >= 15 is 0 Å². The van der Waals surface area contributed by atoms with Crippen LogP contribution in [0.4, 0.5) is 5.69 Å². The minimum atomic E-state index is -0.958. The van der Waals surface area contributed by atoms with Gasteiger partial charge in [-0.2, -0.15) is 0 Å². The molecule has 0 spiro atoms. The van der Waals surface area contributed by atoms with E-state index in [0.717, 1.165) is 0 Å². The Morgan fingerprint density at radius 1 is 1.09 bits per heavy atom. The number of benzene rings is 2. The van der Waals surface area contributed by atoms with Gasteiger partial charge in [-0.05, 0) is 43.3 Å². The lowest BCUT2D eigenvalue weighted by Gasteiger charge is -2.14. The van der Waals surface area contributed by atoms with Crippen LogP contribution in [0, 0.1) is 0 Å². The zero-order valence-corrected chi connectivity index (χ0v) is 13.5. The molecule has 0 unspecified atom stereocenters. The van der Waals surface area contributed by atoms with E-state index in [4.69, 9.17) is 21.1 Å². The largest absolute Gasteiger partial charge is 0.497 e. The Kier molecular flexibility index (Phi) is 5.60. The van der Waals surface area contributed by atoms with Gasteiger partial charge >= 0.3 is 5.97 Å². The third-order valence-corrected chi connectivity index (χ3v) is 3.44. The van der Waals surface area contributed by atoms with Gasteiger partial charge in [0.1, 0.15) is 5.75 Å². The zero-order valence-electron chi connectivity index (χ0n) is 12.7. The third kappa shape index (κ3) is 4.47. The van der Waals surface area contributed by atoms with Crippen molar-refractivity contribution in [1.29, 1.82) is 0 Å². The number of rotatable bonds is 5. The predicted molar refractivity (Wildman–Crippen MR) is 88.0 cm³/mol. The Hall–Kier alpha value is -2.53. The number of esters is 1. The summed E-state index contributed by atoms with van der Waals surface area (Å²) in [6, 6.07) is 13.2. The minimum Gasteiger partial charge on any atom is -0.497 e. The molecule has 0 fully saturated rings. The number of carbonyl (C=O) groups excluding carboxylic acids is 2. The molecule has 0 aliphatic heterocycles. The molecule has 2 aromatic rings. The van der Waals surface area contributed by atoms with Gasteiger partial charge < -0.3 is 14.8 Å². The standard InChI is InChI=1S/C17H16ClNO4/c1-11(16(20)19-15-6-4-3-5-14(15)18)23-17(21)12-7-9-13(22-2)10-8-12/h3-11H,1-2H3,(H,19,20)/t11-/m0/s1. The van der Waals surface area contributed by atoms with Crippen LogP contribution in [0.25, 0.3) is 0 Å². The van der Waals surface area contributed by atoms with Crippen LogP contribution in [-0.2, 0) is 9.53 Å². The van der Waals surface area contributed by atoms with Crippen LogP contribution in [0.3, 0.4) is 0 Å². The number of amides is 1. The van der Waals surface area contributed by atoms with E-state index in [1.54, 1.807) is 48.5 Å². The van der Waals surface area contributed by atoms with Crippen molar-refractivity contribution >= 4 is 29.2 Å². The molecule has 0 aliphatic carbocycles. The summed E-state index contributed by atoms with van der Waals surface area (Å²) in [4.78, 5) is 24.1. The molecule has 2 rings (SSSR count). The van der Waals surface area contributed by atoms with E-state index in [2.05, 4.69) is 5.32 Å². The topological polar surface area (TPSA) is 64.6 Å². The molecule has 6 heteroatoms. The molecule has 120 valence electrons. The molecule has 0 saturated heterocycles. The Bertz CT molecular complexity index is 700. The summed E-state index contributed by atoms with van der Waals surface area (Å²) in [6.45, 7) is 1.49. The highest BCUT2D eigenvalue weighted by molar-refractivity contribution is 6.33. The van der Waals surface area contributed by atoms with E-state index in [-0.39, 0.29) is 0 Å². The maximum atomic E-state index is 12.1. The second-order valence-electron chi connectivity index (χ2n) is 4.75. The van der Waals surface area contributed by atoms with Gasteiger partial charge in [0, 0.05) is 0 Å². The monoisotopic (exact) mass is 333 g/mol. The number of nitrogens with one attached hydrogen (secondary N) is 1. The third-order valence-electron chi connectivity index (χ3n) is 3.11. The van der Waals surface area contributed by atoms with Crippen LogP contribution in [0.1, 0.15) is 17.3 Å². The molecule has 0 saturated carbocycles. The highest BCUT2D eigenvalue weighted by Crippen LogP contribution is 2.21. The van der Waals surface area contributed by atoms with Crippen LogP contribution in [-0.4, -0.2) is 25.1 Å². The van der Waals surface area contributed by atoms with Crippen molar-refractivity contribution in [2.24, 2.45) is 0 Å². The van der Waals surface area contributed by atoms with E-state index in [1.165, 1.54) is 14.0 Å². The van der Waals surface area contributed by atoms with E-state index in [9.17, 15) is 9.59 Å². The fraction of sp³-hybridized carbons (Fsp3) is 0.176. The van der Waals surface area contributed by atoms with Gasteiger partial charge in [0.2, 0.25) is 0 Å². The summed E-state index contributed by atoms with van der Waals surface area (Å²) in [5, 5.41) is 3.03. The van der Waals surface area contributed by atoms with Crippen LogP contribution in [0.5, 0.6) is 5.75 Å². The Morgan fingerprint density at radius 2 is 1.74 bits per heavy atom. The van der Waals surface area contributed by atoms with Crippen molar-refractivity contribution in [3.05, 3.63) is 59.1 Å². The van der Waals surface area contributed by atoms with Crippen molar-refractivity contribution in [1.82, 2.24) is 0 Å². The zero-order chi connectivity index (χ0) is 16.8. The van der Waals surface area contributed by atoms with Crippen molar-refractivity contribution in [3.8, 4) is 5.75 Å². The maximum absolute atomic E-state index is 12.1. The van der Waals surface area contributed by atoms with E-state index in [0.29, 0.717) is 22.0 Å². The Balaban J connectivity index is 1.97. The summed E-state index contributed by atoms with van der Waals surface area (Å²) < 4.78 is 10.2. The number of carbonyl (C=O) groups is 2. The number of ether oxygens (including phenoxy) is 2. The SMILES string of the molecule is COc1ccc(C(=O)O[C@@H](C)C(=O)Nc2ccccc2Cl)cc1. The summed E-state index contributed by atoms with van der Waals surface area (Å²) in [7, 11) is 1.54. The molecule has 0 radical (unpaired) electrons. The van der Waals surface area contributed by atoms with Crippen molar-refractivity contribution < 1.29 is 19.1 Å². The summed E-state index contributed by atoms with van der Waals surface area (Å²) >= 11 is 5.97. The summed E-state index contributed by atoms with van der Waals surface area (Å²) in [6.07, 6.45) is -0.958. The van der Waals surface area contributed by atoms with Crippen LogP contribution in [0.2, 0.25) is 5.02 Å². The summed E-state index contributed by atoms with van der Waals surface area (Å²) in [5.74, 6) is -0.416. The highest BCUT2D eigenvalue weighted by Gasteiger charge is 2.19. The summed E-state index contributed by atoms with van der Waals surface area (Å²) in [5.41, 5.74) is 0.801. The quantitative estimate of drug-likeness (QED) is 0.850. The number of methoxy groups -OCH3 is 1. The number of hydrogen-bond donors (Lipinski definition) is 1. The van der Waals surface area contributed by atoms with Gasteiger partial charge in [-0.1, -0.05) is 23.7 Å². The molecule has 0 heterocycles. The first-order valence-corrected chi connectivity index (χ1v) is 7.29. The average Bonchev–Trinajstić information content (AvgIpc) is 2.56. The average molecular weight is 334 g/mol. The minimum absolute atomic E-state index is 0.336.